The monoisotopic (exact) mass is 402 g/mol. The van der Waals surface area contributed by atoms with Gasteiger partial charge in [0, 0.05) is 32.2 Å². The van der Waals surface area contributed by atoms with Gasteiger partial charge in [-0.1, -0.05) is 42.8 Å². The largest absolute Gasteiger partial charge is 0.381 e. The van der Waals surface area contributed by atoms with Gasteiger partial charge in [-0.25, -0.2) is 0 Å². The maximum atomic E-state index is 12.6. The third kappa shape index (κ3) is 6.55. The number of hydroxylamine groups is 1. The van der Waals surface area contributed by atoms with E-state index in [-0.39, 0.29) is 4.47 Å². The van der Waals surface area contributed by atoms with E-state index in [2.05, 4.69) is 19.1 Å². The summed E-state index contributed by atoms with van der Waals surface area (Å²) >= 11 is 0. The molecule has 0 unspecified atom stereocenters. The fourth-order valence-electron chi connectivity index (χ4n) is 3.60. The van der Waals surface area contributed by atoms with Crippen molar-refractivity contribution in [3.05, 3.63) is 12.2 Å². The number of hydrogen-bond acceptors (Lipinski definition) is 5. The maximum absolute atomic E-state index is 12.6. The van der Waals surface area contributed by atoms with Crippen molar-refractivity contribution in [1.29, 1.82) is 0 Å². The molecule has 7 nitrogen and oxygen atoms in total. The zero-order valence-corrected chi connectivity index (χ0v) is 17.2. The van der Waals surface area contributed by atoms with E-state index in [1.165, 1.54) is 30.0 Å². The van der Waals surface area contributed by atoms with Gasteiger partial charge in [0.25, 0.3) is 5.91 Å². The molecule has 27 heavy (non-hydrogen) atoms. The van der Waals surface area contributed by atoms with Gasteiger partial charge in [0.1, 0.15) is 0 Å². The Morgan fingerprint density at radius 3 is 2.44 bits per heavy atom. The number of hydrogen-bond donors (Lipinski definition) is 1. The van der Waals surface area contributed by atoms with Gasteiger partial charge in [-0.3, -0.25) is 10.0 Å². The van der Waals surface area contributed by atoms with Crippen LogP contribution < -0.4 is 0 Å². The molecular formula is C19H34N2O5S. The molecule has 0 aromatic carbocycles. The highest BCUT2D eigenvalue weighted by Gasteiger charge is 2.38. The molecule has 1 N–H and O–H groups in total. The Kier molecular flexibility index (Phi) is 9.21. The number of rotatable bonds is 9. The molecule has 156 valence electrons. The summed E-state index contributed by atoms with van der Waals surface area (Å²) in [6.45, 7) is 3.68. The number of amides is 1. The molecule has 2 saturated heterocycles. The highest BCUT2D eigenvalue weighted by atomic mass is 32.2. The van der Waals surface area contributed by atoms with E-state index in [4.69, 9.17) is 4.74 Å². The highest BCUT2D eigenvalue weighted by molar-refractivity contribution is 7.87. The average molecular weight is 403 g/mol. The van der Waals surface area contributed by atoms with E-state index in [0.29, 0.717) is 57.9 Å². The second kappa shape index (κ2) is 11.1. The summed E-state index contributed by atoms with van der Waals surface area (Å²) in [6.07, 6.45) is 12.7. The number of nitrogens with zero attached hydrogens (tertiary/aromatic N) is 2. The Labute approximate surface area is 163 Å². The molecule has 0 aliphatic carbocycles. The molecule has 2 aliphatic heterocycles. The summed E-state index contributed by atoms with van der Waals surface area (Å²) in [6, 6.07) is 0. The van der Waals surface area contributed by atoms with Crippen molar-refractivity contribution in [3.63, 3.8) is 0 Å². The number of allylic oxidation sites excluding steroid dienone is 2. The molecule has 2 heterocycles. The van der Waals surface area contributed by atoms with Crippen LogP contribution in [0.25, 0.3) is 0 Å². The van der Waals surface area contributed by atoms with Crippen LogP contribution in [0.1, 0.15) is 64.7 Å². The van der Waals surface area contributed by atoms with E-state index >= 15 is 0 Å². The van der Waals surface area contributed by atoms with Gasteiger partial charge in [0.15, 0.2) is 0 Å². The number of ether oxygens (including phenoxy) is 1. The summed E-state index contributed by atoms with van der Waals surface area (Å²) in [7, 11) is -4.16. The fraction of sp³-hybridized carbons (Fsp3) is 0.842. The standard InChI is InChI=1S/C19H34N2O5S/c1-2-3-4-5-6-7-8-17-9-13-20(14-10-17)27(24,25)21(23)19(22)18-11-15-26-16-12-18/h7-8,17-18,23H,2-6,9-16H2,1H3. The molecule has 1 amide bonds. The molecule has 2 aliphatic rings. The lowest BCUT2D eigenvalue weighted by Gasteiger charge is -2.33. The number of carbonyl (C=O) groups is 1. The van der Waals surface area contributed by atoms with Crippen LogP contribution in [-0.4, -0.2) is 54.6 Å². The molecule has 8 heteroatoms. The third-order valence-corrected chi connectivity index (χ3v) is 7.07. The summed E-state index contributed by atoms with van der Waals surface area (Å²) in [5.41, 5.74) is 0. The lowest BCUT2D eigenvalue weighted by Crippen LogP contribution is -2.49. The summed E-state index contributed by atoms with van der Waals surface area (Å²) in [5, 5.41) is 10.1. The first kappa shape index (κ1) is 22.3. The molecule has 0 aromatic rings. The van der Waals surface area contributed by atoms with Crippen LogP contribution in [-0.2, 0) is 19.7 Å². The molecule has 2 fully saturated rings. The lowest BCUT2D eigenvalue weighted by atomic mass is 9.97. The van der Waals surface area contributed by atoms with Gasteiger partial charge in [-0.2, -0.15) is 12.7 Å². The maximum Gasteiger partial charge on any atom is 0.329 e. The molecule has 0 spiro atoms. The van der Waals surface area contributed by atoms with Crippen molar-refractivity contribution in [2.24, 2.45) is 11.8 Å². The van der Waals surface area contributed by atoms with Crippen molar-refractivity contribution >= 4 is 16.1 Å². The van der Waals surface area contributed by atoms with Crippen molar-refractivity contribution < 1.29 is 23.2 Å². The van der Waals surface area contributed by atoms with Crippen molar-refractivity contribution in [3.8, 4) is 0 Å². The first-order valence-corrected chi connectivity index (χ1v) is 11.6. The molecule has 2 rings (SSSR count). The van der Waals surface area contributed by atoms with Crippen LogP contribution in [0, 0.1) is 11.8 Å². The molecule has 0 saturated carbocycles. The SMILES string of the molecule is CCCCCCC=CC1CCN(S(=O)(=O)N(O)C(=O)C2CCOCC2)CC1. The van der Waals surface area contributed by atoms with Gasteiger partial charge in [-0.15, -0.1) is 0 Å². The number of piperidine rings is 1. The quantitative estimate of drug-likeness (QED) is 0.277. The molecule has 0 aromatic heterocycles. The summed E-state index contributed by atoms with van der Waals surface area (Å²) < 4.78 is 31.5. The molecule has 0 atom stereocenters. The van der Waals surface area contributed by atoms with Crippen LogP contribution in [0.2, 0.25) is 0 Å². The Bertz CT molecular complexity index is 579. The van der Waals surface area contributed by atoms with Gasteiger partial charge in [0.2, 0.25) is 0 Å². The number of carbonyl (C=O) groups excluding carboxylic acids is 1. The minimum atomic E-state index is -4.16. The molecular weight excluding hydrogens is 368 g/mol. The highest BCUT2D eigenvalue weighted by Crippen LogP contribution is 2.24. The topological polar surface area (TPSA) is 87.2 Å². The fourth-order valence-corrected chi connectivity index (χ4v) is 4.87. The van der Waals surface area contributed by atoms with Crippen LogP contribution in [0.3, 0.4) is 0 Å². The van der Waals surface area contributed by atoms with Crippen molar-refractivity contribution in [2.45, 2.75) is 64.7 Å². The van der Waals surface area contributed by atoms with E-state index in [9.17, 15) is 18.4 Å². The summed E-state index contributed by atoms with van der Waals surface area (Å²) in [5.74, 6) is -0.875. The second-order valence-electron chi connectivity index (χ2n) is 7.49. The van der Waals surface area contributed by atoms with Gasteiger partial charge in [-0.05, 0) is 44.4 Å². The van der Waals surface area contributed by atoms with Crippen LogP contribution >= 0.6 is 0 Å². The van der Waals surface area contributed by atoms with E-state index in [0.717, 1.165) is 6.42 Å². The van der Waals surface area contributed by atoms with E-state index in [1.807, 2.05) is 0 Å². The molecule has 0 radical (unpaired) electrons. The first-order valence-electron chi connectivity index (χ1n) is 10.2. The lowest BCUT2D eigenvalue weighted by molar-refractivity contribution is -0.154. The third-order valence-electron chi connectivity index (χ3n) is 5.44. The van der Waals surface area contributed by atoms with E-state index in [1.54, 1.807) is 0 Å². The van der Waals surface area contributed by atoms with Crippen LogP contribution in [0.5, 0.6) is 0 Å². The smallest absolute Gasteiger partial charge is 0.329 e. The van der Waals surface area contributed by atoms with Crippen LogP contribution in [0.4, 0.5) is 0 Å². The Hall–Kier alpha value is -0.960. The second-order valence-corrected chi connectivity index (χ2v) is 9.25. The zero-order chi connectivity index (χ0) is 19.7. The summed E-state index contributed by atoms with van der Waals surface area (Å²) in [4.78, 5) is 12.3. The van der Waals surface area contributed by atoms with Crippen LogP contribution in [0.15, 0.2) is 12.2 Å². The van der Waals surface area contributed by atoms with E-state index < -0.39 is 22.0 Å². The number of unbranched alkanes of at least 4 members (excludes halogenated alkanes) is 4. The van der Waals surface area contributed by atoms with Crippen molar-refractivity contribution in [2.75, 3.05) is 26.3 Å². The Morgan fingerprint density at radius 1 is 1.15 bits per heavy atom. The normalized spacial score (nSPS) is 21.0. The average Bonchev–Trinajstić information content (AvgIpc) is 2.70. The molecule has 0 bridgehead atoms. The Balaban J connectivity index is 1.79. The van der Waals surface area contributed by atoms with Gasteiger partial charge in [0.05, 0.1) is 0 Å². The van der Waals surface area contributed by atoms with Gasteiger partial charge < -0.3 is 4.74 Å². The zero-order valence-electron chi connectivity index (χ0n) is 16.4. The van der Waals surface area contributed by atoms with Gasteiger partial charge >= 0.3 is 10.2 Å². The predicted octanol–water partition coefficient (Wildman–Crippen LogP) is 3.11. The van der Waals surface area contributed by atoms with Crippen molar-refractivity contribution in [1.82, 2.24) is 8.77 Å². The minimum Gasteiger partial charge on any atom is -0.381 e. The first-order chi connectivity index (χ1) is 13.0. The minimum absolute atomic E-state index is 0.0348. The Morgan fingerprint density at radius 2 is 1.81 bits per heavy atom. The predicted molar refractivity (Wildman–Crippen MR) is 103 cm³/mol.